The molecule has 1 unspecified atom stereocenters. The molecule has 5 nitrogen and oxygen atoms in total. The standard InChI is InChI=1S/C21H25Cl2NO4/c1-13(2)8-18(21(25)26)24-11-14-9-17(23)20(19(10-14)27-3)28-12-15-6-4-5-7-16(15)22/h4-7,9-10,13,18,24H,8,11-12H2,1-3H3,(H,25,26). The first kappa shape index (κ1) is 22.3. The van der Waals surface area contributed by atoms with E-state index in [0.29, 0.717) is 34.5 Å². The van der Waals surface area contributed by atoms with Gasteiger partial charge >= 0.3 is 5.97 Å². The molecule has 0 aromatic heterocycles. The maximum absolute atomic E-state index is 11.4. The zero-order chi connectivity index (χ0) is 20.7. The van der Waals surface area contributed by atoms with Gasteiger partial charge in [-0.2, -0.15) is 0 Å². The highest BCUT2D eigenvalue weighted by Gasteiger charge is 2.19. The second-order valence-electron chi connectivity index (χ2n) is 6.89. The summed E-state index contributed by atoms with van der Waals surface area (Å²) in [7, 11) is 1.53. The molecule has 2 N–H and O–H groups in total. The first-order valence-corrected chi connectivity index (χ1v) is 9.76. The average Bonchev–Trinajstić information content (AvgIpc) is 2.64. The van der Waals surface area contributed by atoms with Crippen molar-refractivity contribution in [3.8, 4) is 11.5 Å². The maximum atomic E-state index is 11.4. The van der Waals surface area contributed by atoms with E-state index in [1.54, 1.807) is 18.2 Å². The SMILES string of the molecule is COc1cc(CNC(CC(C)C)C(=O)O)cc(Cl)c1OCc1ccccc1Cl. The number of carboxylic acid groups (broad SMARTS) is 1. The number of hydrogen-bond acceptors (Lipinski definition) is 4. The Bertz CT molecular complexity index is 811. The summed E-state index contributed by atoms with van der Waals surface area (Å²) in [6, 6.07) is 10.3. The molecule has 0 saturated heterocycles. The number of halogens is 2. The van der Waals surface area contributed by atoms with E-state index >= 15 is 0 Å². The van der Waals surface area contributed by atoms with Gasteiger partial charge in [-0.05, 0) is 36.1 Å². The highest BCUT2D eigenvalue weighted by molar-refractivity contribution is 6.32. The van der Waals surface area contributed by atoms with Gasteiger partial charge in [0.05, 0.1) is 12.1 Å². The zero-order valence-corrected chi connectivity index (χ0v) is 17.7. The van der Waals surface area contributed by atoms with Crippen LogP contribution in [0.1, 0.15) is 31.4 Å². The first-order chi connectivity index (χ1) is 13.3. The summed E-state index contributed by atoms with van der Waals surface area (Å²) in [5.74, 6) is 0.302. The Morgan fingerprint density at radius 3 is 2.50 bits per heavy atom. The molecular formula is C21H25Cl2NO4. The van der Waals surface area contributed by atoms with Crippen LogP contribution in [0.15, 0.2) is 36.4 Å². The molecule has 0 fully saturated rings. The Morgan fingerprint density at radius 1 is 1.18 bits per heavy atom. The van der Waals surface area contributed by atoms with Gasteiger partial charge in [-0.3, -0.25) is 4.79 Å². The molecule has 0 aliphatic rings. The van der Waals surface area contributed by atoms with Gasteiger partial charge < -0.3 is 19.9 Å². The summed E-state index contributed by atoms with van der Waals surface area (Å²) in [6.07, 6.45) is 0.541. The van der Waals surface area contributed by atoms with Gasteiger partial charge in [0.2, 0.25) is 0 Å². The van der Waals surface area contributed by atoms with Crippen molar-refractivity contribution in [3.63, 3.8) is 0 Å². The lowest BCUT2D eigenvalue weighted by molar-refractivity contribution is -0.140. The van der Waals surface area contributed by atoms with Gasteiger partial charge in [0, 0.05) is 17.1 Å². The van der Waals surface area contributed by atoms with Crippen LogP contribution >= 0.6 is 23.2 Å². The molecular weight excluding hydrogens is 401 g/mol. The Morgan fingerprint density at radius 2 is 1.89 bits per heavy atom. The van der Waals surface area contributed by atoms with Crippen LogP contribution < -0.4 is 14.8 Å². The third-order valence-electron chi connectivity index (χ3n) is 4.18. The Hall–Kier alpha value is -1.95. The Labute approximate surface area is 175 Å². The number of aliphatic carboxylic acids is 1. The largest absolute Gasteiger partial charge is 0.493 e. The van der Waals surface area contributed by atoms with Crippen molar-refractivity contribution >= 4 is 29.2 Å². The lowest BCUT2D eigenvalue weighted by Gasteiger charge is -2.18. The summed E-state index contributed by atoms with van der Waals surface area (Å²) < 4.78 is 11.3. The molecule has 0 radical (unpaired) electrons. The molecule has 28 heavy (non-hydrogen) atoms. The molecule has 0 bridgehead atoms. The van der Waals surface area contributed by atoms with Crippen molar-refractivity contribution in [3.05, 3.63) is 57.6 Å². The molecule has 152 valence electrons. The second kappa shape index (κ2) is 10.6. The number of ether oxygens (including phenoxy) is 2. The van der Waals surface area contributed by atoms with Gasteiger partial charge in [-0.15, -0.1) is 0 Å². The van der Waals surface area contributed by atoms with Gasteiger partial charge in [-0.1, -0.05) is 55.2 Å². The normalized spacial score (nSPS) is 12.1. The quantitative estimate of drug-likeness (QED) is 0.549. The molecule has 7 heteroatoms. The Kier molecular flexibility index (Phi) is 8.42. The van der Waals surface area contributed by atoms with Crippen LogP contribution in [-0.2, 0) is 17.9 Å². The fourth-order valence-corrected chi connectivity index (χ4v) is 3.24. The van der Waals surface area contributed by atoms with Crippen LogP contribution in [0, 0.1) is 5.92 Å². The molecule has 0 aliphatic carbocycles. The molecule has 0 spiro atoms. The molecule has 2 aromatic rings. The summed E-state index contributed by atoms with van der Waals surface area (Å²) in [6.45, 7) is 4.58. The fraction of sp³-hybridized carbons (Fsp3) is 0.381. The van der Waals surface area contributed by atoms with Crippen LogP contribution in [0.2, 0.25) is 10.0 Å². The van der Waals surface area contributed by atoms with Gasteiger partial charge in [-0.25, -0.2) is 0 Å². The van der Waals surface area contributed by atoms with E-state index in [4.69, 9.17) is 32.7 Å². The number of carbonyl (C=O) groups is 1. The lowest BCUT2D eigenvalue weighted by Crippen LogP contribution is -2.37. The fourth-order valence-electron chi connectivity index (χ4n) is 2.76. The highest BCUT2D eigenvalue weighted by Crippen LogP contribution is 2.37. The number of carboxylic acids is 1. The van der Waals surface area contributed by atoms with E-state index in [0.717, 1.165) is 11.1 Å². The second-order valence-corrected chi connectivity index (χ2v) is 7.70. The van der Waals surface area contributed by atoms with Crippen molar-refractivity contribution in [2.45, 2.75) is 39.5 Å². The van der Waals surface area contributed by atoms with Gasteiger partial charge in [0.1, 0.15) is 12.6 Å². The van der Waals surface area contributed by atoms with Crippen LogP contribution in [0.3, 0.4) is 0 Å². The van der Waals surface area contributed by atoms with E-state index in [1.807, 2.05) is 32.0 Å². The minimum atomic E-state index is -0.869. The monoisotopic (exact) mass is 425 g/mol. The lowest BCUT2D eigenvalue weighted by atomic mass is 10.0. The Balaban J connectivity index is 2.11. The highest BCUT2D eigenvalue weighted by atomic mass is 35.5. The van der Waals surface area contributed by atoms with E-state index in [2.05, 4.69) is 5.32 Å². The zero-order valence-electron chi connectivity index (χ0n) is 16.2. The van der Waals surface area contributed by atoms with Crippen molar-refractivity contribution in [1.82, 2.24) is 5.32 Å². The molecule has 2 rings (SSSR count). The molecule has 0 amide bonds. The summed E-state index contributed by atoms with van der Waals surface area (Å²) in [5.41, 5.74) is 1.65. The smallest absolute Gasteiger partial charge is 0.320 e. The number of methoxy groups -OCH3 is 1. The van der Waals surface area contributed by atoms with Crippen molar-refractivity contribution in [2.75, 3.05) is 7.11 Å². The minimum Gasteiger partial charge on any atom is -0.493 e. The third kappa shape index (κ3) is 6.30. The maximum Gasteiger partial charge on any atom is 0.320 e. The molecule has 0 aliphatic heterocycles. The molecule has 2 aromatic carbocycles. The van der Waals surface area contributed by atoms with E-state index in [-0.39, 0.29) is 12.5 Å². The van der Waals surface area contributed by atoms with E-state index in [1.165, 1.54) is 7.11 Å². The summed E-state index contributed by atoms with van der Waals surface area (Å²) in [4.78, 5) is 11.4. The minimum absolute atomic E-state index is 0.253. The topological polar surface area (TPSA) is 67.8 Å². The van der Waals surface area contributed by atoms with Crippen molar-refractivity contribution in [2.24, 2.45) is 5.92 Å². The van der Waals surface area contributed by atoms with Gasteiger partial charge in [0.15, 0.2) is 11.5 Å². The third-order valence-corrected chi connectivity index (χ3v) is 4.83. The summed E-state index contributed by atoms with van der Waals surface area (Å²) in [5, 5.41) is 13.4. The van der Waals surface area contributed by atoms with Crippen LogP contribution in [0.4, 0.5) is 0 Å². The first-order valence-electron chi connectivity index (χ1n) is 9.00. The molecule has 0 saturated carbocycles. The van der Waals surface area contributed by atoms with Crippen molar-refractivity contribution < 1.29 is 19.4 Å². The predicted molar refractivity (Wildman–Crippen MR) is 112 cm³/mol. The van der Waals surface area contributed by atoms with Crippen LogP contribution in [-0.4, -0.2) is 24.2 Å². The van der Waals surface area contributed by atoms with Crippen LogP contribution in [0.5, 0.6) is 11.5 Å². The number of hydrogen-bond donors (Lipinski definition) is 2. The average molecular weight is 426 g/mol. The number of nitrogens with one attached hydrogen (secondary N) is 1. The molecule has 1 atom stereocenters. The van der Waals surface area contributed by atoms with E-state index < -0.39 is 12.0 Å². The summed E-state index contributed by atoms with van der Waals surface area (Å²) >= 11 is 12.6. The van der Waals surface area contributed by atoms with Crippen molar-refractivity contribution in [1.29, 1.82) is 0 Å². The van der Waals surface area contributed by atoms with Crippen LogP contribution in [0.25, 0.3) is 0 Å². The number of rotatable bonds is 10. The molecule has 0 heterocycles. The predicted octanol–water partition coefficient (Wildman–Crippen LogP) is 5.17. The van der Waals surface area contributed by atoms with Gasteiger partial charge in [0.25, 0.3) is 0 Å². The van der Waals surface area contributed by atoms with E-state index in [9.17, 15) is 9.90 Å². The number of benzene rings is 2.